The van der Waals surface area contributed by atoms with Gasteiger partial charge in [-0.2, -0.15) is 0 Å². The largest absolute Gasteiger partial charge is 0.383 e. The van der Waals surface area contributed by atoms with Crippen LogP contribution in [0.4, 0.5) is 11.6 Å². The van der Waals surface area contributed by atoms with Crippen LogP contribution in [0.2, 0.25) is 0 Å². The van der Waals surface area contributed by atoms with E-state index in [4.69, 9.17) is 5.73 Å². The summed E-state index contributed by atoms with van der Waals surface area (Å²) in [7, 11) is 0. The maximum absolute atomic E-state index is 5.82. The second-order valence-corrected chi connectivity index (χ2v) is 6.37. The molecule has 2 aromatic rings. The highest BCUT2D eigenvalue weighted by atomic mass is 79.9. The lowest BCUT2D eigenvalue weighted by molar-refractivity contribution is 0.989. The van der Waals surface area contributed by atoms with Gasteiger partial charge in [0.2, 0.25) is 0 Å². The van der Waals surface area contributed by atoms with Crippen LogP contribution in [-0.2, 0) is 12.8 Å². The zero-order valence-electron chi connectivity index (χ0n) is 10.1. The van der Waals surface area contributed by atoms with E-state index >= 15 is 0 Å². The van der Waals surface area contributed by atoms with Crippen molar-refractivity contribution in [2.45, 2.75) is 19.8 Å². The first-order valence-corrected chi connectivity index (χ1v) is 7.39. The molecule has 2 aromatic heterocycles. The number of thiophene rings is 1. The third-order valence-corrected chi connectivity index (χ3v) is 4.31. The Labute approximate surface area is 119 Å². The number of aromatic nitrogens is 2. The maximum atomic E-state index is 5.82. The van der Waals surface area contributed by atoms with E-state index in [1.165, 1.54) is 11.2 Å². The van der Waals surface area contributed by atoms with Crippen LogP contribution >= 0.6 is 27.3 Å². The Bertz CT molecular complexity index is 527. The summed E-state index contributed by atoms with van der Waals surface area (Å²) in [4.78, 5) is 9.58. The van der Waals surface area contributed by atoms with Crippen LogP contribution in [0.15, 0.2) is 22.2 Å². The van der Waals surface area contributed by atoms with Crippen molar-refractivity contribution in [1.82, 2.24) is 9.97 Å². The number of anilines is 2. The molecule has 0 aliphatic rings. The van der Waals surface area contributed by atoms with Gasteiger partial charge in [0.05, 0.1) is 3.79 Å². The van der Waals surface area contributed by atoms with Crippen molar-refractivity contribution in [1.29, 1.82) is 0 Å². The molecule has 0 unspecified atom stereocenters. The number of hydrogen-bond acceptors (Lipinski definition) is 5. The molecule has 0 fully saturated rings. The van der Waals surface area contributed by atoms with E-state index in [0.717, 1.165) is 34.6 Å². The second-order valence-electron chi connectivity index (χ2n) is 3.82. The molecule has 0 atom stereocenters. The third kappa shape index (κ3) is 3.20. The van der Waals surface area contributed by atoms with Gasteiger partial charge in [0, 0.05) is 17.0 Å². The van der Waals surface area contributed by atoms with E-state index in [9.17, 15) is 0 Å². The molecule has 0 saturated heterocycles. The summed E-state index contributed by atoms with van der Waals surface area (Å²) < 4.78 is 1.16. The summed E-state index contributed by atoms with van der Waals surface area (Å²) in [5, 5.41) is 3.32. The minimum absolute atomic E-state index is 0.564. The van der Waals surface area contributed by atoms with Crippen molar-refractivity contribution in [2.24, 2.45) is 0 Å². The van der Waals surface area contributed by atoms with Gasteiger partial charge in [-0.25, -0.2) is 9.97 Å². The fourth-order valence-electron chi connectivity index (χ4n) is 1.72. The number of nitrogen functional groups attached to an aromatic ring is 1. The number of rotatable bonds is 5. The van der Waals surface area contributed by atoms with Crippen LogP contribution in [0, 0.1) is 0 Å². The average Bonchev–Trinajstić information content (AvgIpc) is 2.75. The number of halogens is 1. The van der Waals surface area contributed by atoms with Crippen LogP contribution in [0.25, 0.3) is 0 Å². The standard InChI is InChI=1S/C12H15BrN4S/c1-2-9-11(14)16-7-17-12(9)15-6-5-8-3-4-10(13)18-8/h3-4,7H,2,5-6H2,1H3,(H3,14,15,16,17). The van der Waals surface area contributed by atoms with Crippen molar-refractivity contribution < 1.29 is 0 Å². The van der Waals surface area contributed by atoms with Crippen molar-refractivity contribution in [2.75, 3.05) is 17.6 Å². The van der Waals surface area contributed by atoms with Gasteiger partial charge >= 0.3 is 0 Å². The molecule has 18 heavy (non-hydrogen) atoms. The lowest BCUT2D eigenvalue weighted by Gasteiger charge is -2.10. The molecule has 0 spiro atoms. The fourth-order valence-corrected chi connectivity index (χ4v) is 3.20. The van der Waals surface area contributed by atoms with Gasteiger partial charge in [-0.15, -0.1) is 11.3 Å². The Balaban J connectivity index is 1.96. The first kappa shape index (κ1) is 13.3. The van der Waals surface area contributed by atoms with Crippen molar-refractivity contribution >= 4 is 38.9 Å². The molecular weight excluding hydrogens is 312 g/mol. The zero-order chi connectivity index (χ0) is 13.0. The van der Waals surface area contributed by atoms with Crippen LogP contribution < -0.4 is 11.1 Å². The van der Waals surface area contributed by atoms with E-state index in [1.54, 1.807) is 11.3 Å². The Morgan fingerprint density at radius 3 is 2.89 bits per heavy atom. The average molecular weight is 327 g/mol. The number of nitrogens with zero attached hydrogens (tertiary/aromatic N) is 2. The summed E-state index contributed by atoms with van der Waals surface area (Å²) in [6.07, 6.45) is 3.31. The van der Waals surface area contributed by atoms with Gasteiger partial charge in [-0.05, 0) is 40.9 Å². The molecule has 0 amide bonds. The van der Waals surface area contributed by atoms with E-state index in [-0.39, 0.29) is 0 Å². The van der Waals surface area contributed by atoms with E-state index < -0.39 is 0 Å². The predicted octanol–water partition coefficient (Wildman–Crippen LogP) is 3.10. The Morgan fingerprint density at radius 2 is 2.22 bits per heavy atom. The molecule has 6 heteroatoms. The highest BCUT2D eigenvalue weighted by Gasteiger charge is 2.06. The van der Waals surface area contributed by atoms with Gasteiger partial charge in [0.1, 0.15) is 18.0 Å². The van der Waals surface area contributed by atoms with Gasteiger partial charge in [-0.1, -0.05) is 6.92 Å². The highest BCUT2D eigenvalue weighted by Crippen LogP contribution is 2.23. The Hall–Kier alpha value is -1.14. The van der Waals surface area contributed by atoms with Crippen molar-refractivity contribution in [3.05, 3.63) is 32.7 Å². The van der Waals surface area contributed by atoms with Crippen molar-refractivity contribution in [3.8, 4) is 0 Å². The molecular formula is C12H15BrN4S. The summed E-state index contributed by atoms with van der Waals surface area (Å²) in [5.74, 6) is 1.41. The van der Waals surface area contributed by atoms with Crippen LogP contribution in [0.3, 0.4) is 0 Å². The van der Waals surface area contributed by atoms with Crippen LogP contribution in [0.5, 0.6) is 0 Å². The Kier molecular flexibility index (Phi) is 4.54. The Morgan fingerprint density at radius 1 is 1.39 bits per heavy atom. The minimum Gasteiger partial charge on any atom is -0.383 e. The highest BCUT2D eigenvalue weighted by molar-refractivity contribution is 9.11. The lowest BCUT2D eigenvalue weighted by atomic mass is 10.2. The van der Waals surface area contributed by atoms with Gasteiger partial charge in [0.25, 0.3) is 0 Å². The molecule has 0 aliphatic carbocycles. The predicted molar refractivity (Wildman–Crippen MR) is 80.0 cm³/mol. The quantitative estimate of drug-likeness (QED) is 0.886. The topological polar surface area (TPSA) is 63.8 Å². The molecule has 96 valence electrons. The van der Waals surface area contributed by atoms with E-state index in [0.29, 0.717) is 5.82 Å². The van der Waals surface area contributed by atoms with Crippen molar-refractivity contribution in [3.63, 3.8) is 0 Å². The van der Waals surface area contributed by atoms with Crippen LogP contribution in [-0.4, -0.2) is 16.5 Å². The molecule has 2 heterocycles. The molecule has 3 N–H and O–H groups in total. The molecule has 0 bridgehead atoms. The molecule has 2 rings (SSSR count). The molecule has 0 aliphatic heterocycles. The van der Waals surface area contributed by atoms with Crippen LogP contribution in [0.1, 0.15) is 17.4 Å². The van der Waals surface area contributed by atoms with Gasteiger partial charge in [0.15, 0.2) is 0 Å². The normalized spacial score (nSPS) is 10.6. The SMILES string of the molecule is CCc1c(N)ncnc1NCCc1ccc(Br)s1. The summed E-state index contributed by atoms with van der Waals surface area (Å²) in [5.41, 5.74) is 6.81. The molecule has 0 saturated carbocycles. The summed E-state index contributed by atoms with van der Waals surface area (Å²) in [6.45, 7) is 2.90. The number of nitrogens with two attached hydrogens (primary N) is 1. The third-order valence-electron chi connectivity index (χ3n) is 2.62. The summed E-state index contributed by atoms with van der Waals surface area (Å²) >= 11 is 5.22. The number of hydrogen-bond donors (Lipinski definition) is 2. The summed E-state index contributed by atoms with van der Waals surface area (Å²) in [6, 6.07) is 4.20. The monoisotopic (exact) mass is 326 g/mol. The second kappa shape index (κ2) is 6.15. The zero-order valence-corrected chi connectivity index (χ0v) is 12.5. The van der Waals surface area contributed by atoms with E-state index in [2.05, 4.69) is 50.3 Å². The first-order valence-electron chi connectivity index (χ1n) is 5.78. The molecule has 4 nitrogen and oxygen atoms in total. The van der Waals surface area contributed by atoms with E-state index in [1.807, 2.05) is 0 Å². The first-order chi connectivity index (χ1) is 8.70. The van der Waals surface area contributed by atoms with Gasteiger partial charge < -0.3 is 11.1 Å². The fraction of sp³-hybridized carbons (Fsp3) is 0.333. The van der Waals surface area contributed by atoms with Gasteiger partial charge in [-0.3, -0.25) is 0 Å². The smallest absolute Gasteiger partial charge is 0.134 e. The minimum atomic E-state index is 0.564. The molecule has 0 radical (unpaired) electrons. The number of nitrogens with one attached hydrogen (secondary N) is 1. The maximum Gasteiger partial charge on any atom is 0.134 e. The molecule has 0 aromatic carbocycles. The lowest BCUT2D eigenvalue weighted by Crippen LogP contribution is -2.10.